The van der Waals surface area contributed by atoms with Crippen LogP contribution in [-0.4, -0.2) is 16.7 Å². The maximum Gasteiger partial charge on any atom is 0.0535 e. The van der Waals surface area contributed by atoms with Crippen molar-refractivity contribution >= 4 is 10.9 Å². The number of hydrogen-bond acceptors (Lipinski definition) is 1. The molecule has 0 aliphatic rings. The zero-order chi connectivity index (χ0) is 9.97. The van der Waals surface area contributed by atoms with Crippen LogP contribution in [0.1, 0.15) is 11.5 Å². The topological polar surface area (TPSA) is 36.0 Å². The van der Waals surface area contributed by atoms with Crippen LogP contribution < -0.4 is 0 Å². The van der Waals surface area contributed by atoms with Crippen molar-refractivity contribution in [3.63, 3.8) is 0 Å². The Morgan fingerprint density at radius 3 is 2.93 bits per heavy atom. The Kier molecular flexibility index (Phi) is 2.37. The predicted molar refractivity (Wildman–Crippen MR) is 58.3 cm³/mol. The van der Waals surface area contributed by atoms with Gasteiger partial charge in [-0.15, -0.1) is 6.58 Å². The van der Waals surface area contributed by atoms with Crippen molar-refractivity contribution in [3.8, 4) is 0 Å². The molecule has 0 saturated carbocycles. The summed E-state index contributed by atoms with van der Waals surface area (Å²) in [6, 6.07) is 8.06. The normalized spacial score (nSPS) is 12.9. The largest absolute Gasteiger partial charge is 0.395 e. The molecule has 0 fully saturated rings. The Labute approximate surface area is 82.9 Å². The third-order valence-corrected chi connectivity index (χ3v) is 2.50. The molecule has 0 aliphatic carbocycles. The number of aliphatic hydroxyl groups excluding tert-OH is 1. The molecule has 0 bridgehead atoms. The number of hydrogen-bond donors (Lipinski definition) is 2. The van der Waals surface area contributed by atoms with Gasteiger partial charge < -0.3 is 10.1 Å². The lowest BCUT2D eigenvalue weighted by molar-refractivity contribution is 0.284. The fourth-order valence-corrected chi connectivity index (χ4v) is 1.70. The molecule has 2 heteroatoms. The van der Waals surface area contributed by atoms with E-state index in [1.54, 1.807) is 6.08 Å². The van der Waals surface area contributed by atoms with E-state index in [9.17, 15) is 5.11 Å². The smallest absolute Gasteiger partial charge is 0.0535 e. The first-order chi connectivity index (χ1) is 6.86. The molecule has 0 saturated heterocycles. The molecule has 0 amide bonds. The molecule has 1 unspecified atom stereocenters. The van der Waals surface area contributed by atoms with Gasteiger partial charge >= 0.3 is 0 Å². The van der Waals surface area contributed by atoms with E-state index in [0.29, 0.717) is 0 Å². The van der Waals surface area contributed by atoms with Gasteiger partial charge in [-0.25, -0.2) is 0 Å². The Hall–Kier alpha value is -1.54. The maximum atomic E-state index is 9.17. The van der Waals surface area contributed by atoms with Gasteiger partial charge in [-0.1, -0.05) is 24.3 Å². The minimum Gasteiger partial charge on any atom is -0.395 e. The maximum absolute atomic E-state index is 9.17. The zero-order valence-electron chi connectivity index (χ0n) is 7.90. The van der Waals surface area contributed by atoms with E-state index in [-0.39, 0.29) is 12.5 Å². The molecule has 2 rings (SSSR count). The number of aliphatic hydroxyl groups is 1. The lowest BCUT2D eigenvalue weighted by Crippen LogP contribution is -1.98. The molecule has 1 aromatic heterocycles. The van der Waals surface area contributed by atoms with Crippen LogP contribution in [0.3, 0.4) is 0 Å². The van der Waals surface area contributed by atoms with Crippen molar-refractivity contribution in [1.82, 2.24) is 4.98 Å². The van der Waals surface area contributed by atoms with Crippen LogP contribution in [0.4, 0.5) is 0 Å². The number of H-pyrrole nitrogens is 1. The lowest BCUT2D eigenvalue weighted by Gasteiger charge is -2.06. The summed E-state index contributed by atoms with van der Waals surface area (Å²) in [6.45, 7) is 3.82. The molecule has 2 N–H and O–H groups in total. The van der Waals surface area contributed by atoms with Gasteiger partial charge in [0.2, 0.25) is 0 Å². The highest BCUT2D eigenvalue weighted by Crippen LogP contribution is 2.25. The second-order valence-corrected chi connectivity index (χ2v) is 3.31. The van der Waals surface area contributed by atoms with Crippen molar-refractivity contribution < 1.29 is 5.11 Å². The molecular formula is C12H13NO. The van der Waals surface area contributed by atoms with Crippen molar-refractivity contribution in [2.24, 2.45) is 0 Å². The van der Waals surface area contributed by atoms with Gasteiger partial charge in [0.25, 0.3) is 0 Å². The minimum absolute atomic E-state index is 0.0196. The monoisotopic (exact) mass is 187 g/mol. The summed E-state index contributed by atoms with van der Waals surface area (Å²) in [4.78, 5) is 3.18. The van der Waals surface area contributed by atoms with Crippen LogP contribution >= 0.6 is 0 Å². The highest BCUT2D eigenvalue weighted by molar-refractivity contribution is 5.83. The zero-order valence-corrected chi connectivity index (χ0v) is 7.90. The minimum atomic E-state index is 0.0196. The van der Waals surface area contributed by atoms with Crippen LogP contribution in [0.5, 0.6) is 0 Å². The Morgan fingerprint density at radius 2 is 2.21 bits per heavy atom. The van der Waals surface area contributed by atoms with Gasteiger partial charge in [0.1, 0.15) is 0 Å². The van der Waals surface area contributed by atoms with Crippen molar-refractivity contribution in [3.05, 3.63) is 48.7 Å². The number of rotatable bonds is 3. The summed E-state index contributed by atoms with van der Waals surface area (Å²) in [5.74, 6) is 0.0196. The van der Waals surface area contributed by atoms with E-state index < -0.39 is 0 Å². The molecule has 0 spiro atoms. The molecule has 0 radical (unpaired) electrons. The number of fused-ring (bicyclic) bond motifs is 1. The summed E-state index contributed by atoms with van der Waals surface area (Å²) >= 11 is 0. The van der Waals surface area contributed by atoms with Crippen LogP contribution in [0.2, 0.25) is 0 Å². The van der Waals surface area contributed by atoms with Crippen LogP contribution in [0.25, 0.3) is 10.9 Å². The highest BCUT2D eigenvalue weighted by Gasteiger charge is 2.10. The number of nitrogens with one attached hydrogen (secondary N) is 1. The molecule has 14 heavy (non-hydrogen) atoms. The van der Waals surface area contributed by atoms with Gasteiger partial charge in [-0.3, -0.25) is 0 Å². The molecule has 72 valence electrons. The highest BCUT2D eigenvalue weighted by atomic mass is 16.3. The first kappa shape index (κ1) is 9.03. The van der Waals surface area contributed by atoms with Gasteiger partial charge in [0.15, 0.2) is 0 Å². The fraction of sp³-hybridized carbons (Fsp3) is 0.167. The number of para-hydroxylation sites is 1. The quantitative estimate of drug-likeness (QED) is 0.711. The van der Waals surface area contributed by atoms with E-state index >= 15 is 0 Å². The second-order valence-electron chi connectivity index (χ2n) is 3.31. The SMILES string of the molecule is C=CC(CO)c1c[nH]c2ccccc12. The average Bonchev–Trinajstić information content (AvgIpc) is 2.65. The first-order valence-electron chi connectivity index (χ1n) is 4.66. The van der Waals surface area contributed by atoms with Crippen molar-refractivity contribution in [1.29, 1.82) is 0 Å². The fourth-order valence-electron chi connectivity index (χ4n) is 1.70. The molecule has 1 heterocycles. The van der Waals surface area contributed by atoms with Gasteiger partial charge in [-0.2, -0.15) is 0 Å². The van der Waals surface area contributed by atoms with Gasteiger partial charge in [-0.05, 0) is 11.6 Å². The Morgan fingerprint density at radius 1 is 1.43 bits per heavy atom. The van der Waals surface area contributed by atoms with E-state index in [1.165, 1.54) is 0 Å². The average molecular weight is 187 g/mol. The van der Waals surface area contributed by atoms with E-state index in [2.05, 4.69) is 11.6 Å². The first-order valence-corrected chi connectivity index (χ1v) is 4.66. The number of aromatic nitrogens is 1. The van der Waals surface area contributed by atoms with Crippen LogP contribution in [-0.2, 0) is 0 Å². The van der Waals surface area contributed by atoms with E-state index in [0.717, 1.165) is 16.5 Å². The molecule has 2 nitrogen and oxygen atoms in total. The van der Waals surface area contributed by atoms with Gasteiger partial charge in [0.05, 0.1) is 6.61 Å². The summed E-state index contributed by atoms with van der Waals surface area (Å²) < 4.78 is 0. The molecular weight excluding hydrogens is 174 g/mol. The molecule has 0 aliphatic heterocycles. The third-order valence-electron chi connectivity index (χ3n) is 2.50. The lowest BCUT2D eigenvalue weighted by atomic mass is 10.00. The Balaban J connectivity index is 2.57. The summed E-state index contributed by atoms with van der Waals surface area (Å²) in [5, 5.41) is 10.3. The number of aromatic amines is 1. The van der Waals surface area contributed by atoms with Crippen LogP contribution in [0.15, 0.2) is 43.1 Å². The summed E-state index contributed by atoms with van der Waals surface area (Å²) in [7, 11) is 0. The molecule has 2 aromatic rings. The Bertz CT molecular complexity index is 444. The van der Waals surface area contributed by atoms with Crippen molar-refractivity contribution in [2.75, 3.05) is 6.61 Å². The van der Waals surface area contributed by atoms with E-state index in [4.69, 9.17) is 0 Å². The number of benzene rings is 1. The summed E-state index contributed by atoms with van der Waals surface area (Å²) in [5.41, 5.74) is 2.21. The van der Waals surface area contributed by atoms with Crippen LogP contribution in [0, 0.1) is 0 Å². The summed E-state index contributed by atoms with van der Waals surface area (Å²) in [6.07, 6.45) is 3.71. The third kappa shape index (κ3) is 1.34. The van der Waals surface area contributed by atoms with Gasteiger partial charge in [0, 0.05) is 23.0 Å². The van der Waals surface area contributed by atoms with Crippen molar-refractivity contribution in [2.45, 2.75) is 5.92 Å². The molecule has 1 aromatic carbocycles. The predicted octanol–water partition coefficient (Wildman–Crippen LogP) is 2.43. The molecule has 1 atom stereocenters. The second kappa shape index (κ2) is 3.68. The standard InChI is InChI=1S/C12H13NO/c1-2-9(8-14)11-7-13-12-6-4-3-5-10(11)12/h2-7,9,13-14H,1,8H2. The van der Waals surface area contributed by atoms with E-state index in [1.807, 2.05) is 30.5 Å².